The Labute approximate surface area is 110 Å². The van der Waals surface area contributed by atoms with Crippen LogP contribution in [0.2, 0.25) is 0 Å². The highest BCUT2D eigenvalue weighted by molar-refractivity contribution is 5.34. The van der Waals surface area contributed by atoms with E-state index in [1.807, 2.05) is 6.07 Å². The second-order valence-electron chi connectivity index (χ2n) is 4.98. The van der Waals surface area contributed by atoms with Crippen LogP contribution in [0.25, 0.3) is 0 Å². The van der Waals surface area contributed by atoms with Gasteiger partial charge in [-0.2, -0.15) is 0 Å². The number of nitrogens with zero attached hydrogens (tertiary/aromatic N) is 3. The number of aromatic nitrogens is 1. The molecule has 1 aliphatic rings. The van der Waals surface area contributed by atoms with Gasteiger partial charge in [-0.1, -0.05) is 6.07 Å². The number of hydrogen-bond donors (Lipinski definition) is 1. The minimum atomic E-state index is 0.922. The third-order valence-corrected chi connectivity index (χ3v) is 3.36. The molecule has 2 rings (SSSR count). The molecule has 0 radical (unpaired) electrons. The van der Waals surface area contributed by atoms with Crippen LogP contribution in [-0.2, 0) is 6.54 Å². The first-order valence-electron chi connectivity index (χ1n) is 6.88. The highest BCUT2D eigenvalue weighted by Gasteiger charge is 2.12. The largest absolute Gasteiger partial charge is 0.370 e. The molecule has 4 nitrogen and oxygen atoms in total. The Morgan fingerprint density at radius 1 is 1.22 bits per heavy atom. The van der Waals surface area contributed by atoms with E-state index in [-0.39, 0.29) is 0 Å². The molecule has 4 heteroatoms. The van der Waals surface area contributed by atoms with Gasteiger partial charge >= 0.3 is 0 Å². The Bertz CT molecular complexity index is 367. The fourth-order valence-corrected chi connectivity index (χ4v) is 2.33. The van der Waals surface area contributed by atoms with Crippen molar-refractivity contribution in [1.29, 1.82) is 0 Å². The molecule has 0 aliphatic carbocycles. The molecule has 1 aromatic heterocycles. The summed E-state index contributed by atoms with van der Waals surface area (Å²) in [6, 6.07) is 6.24. The van der Waals surface area contributed by atoms with Gasteiger partial charge in [0.15, 0.2) is 0 Å². The van der Waals surface area contributed by atoms with E-state index in [9.17, 15) is 0 Å². The van der Waals surface area contributed by atoms with E-state index in [2.05, 4.69) is 46.2 Å². The SMILES string of the molecule is CCNc1cccc(CN2CCCN(C)CC2)n1. The third-order valence-electron chi connectivity index (χ3n) is 3.36. The van der Waals surface area contributed by atoms with E-state index >= 15 is 0 Å². The first-order chi connectivity index (χ1) is 8.78. The lowest BCUT2D eigenvalue weighted by molar-refractivity contribution is 0.266. The van der Waals surface area contributed by atoms with Gasteiger partial charge in [-0.25, -0.2) is 4.98 Å². The first-order valence-corrected chi connectivity index (χ1v) is 6.88. The second kappa shape index (κ2) is 6.71. The molecule has 100 valence electrons. The molecule has 0 saturated carbocycles. The van der Waals surface area contributed by atoms with Crippen molar-refractivity contribution in [3.05, 3.63) is 23.9 Å². The lowest BCUT2D eigenvalue weighted by atomic mass is 10.3. The highest BCUT2D eigenvalue weighted by Crippen LogP contribution is 2.09. The number of pyridine rings is 1. The van der Waals surface area contributed by atoms with Crippen molar-refractivity contribution in [2.45, 2.75) is 19.9 Å². The first kappa shape index (κ1) is 13.3. The number of likely N-dealkylation sites (N-methyl/N-ethyl adjacent to an activating group) is 1. The molecule has 1 saturated heterocycles. The van der Waals surface area contributed by atoms with Crippen LogP contribution in [0.5, 0.6) is 0 Å². The van der Waals surface area contributed by atoms with Crippen LogP contribution >= 0.6 is 0 Å². The standard InChI is InChI=1S/C14H24N4/c1-3-15-14-7-4-6-13(16-14)12-18-9-5-8-17(2)10-11-18/h4,6-7H,3,5,8-12H2,1-2H3,(H,15,16). The lowest BCUT2D eigenvalue weighted by Gasteiger charge is -2.19. The van der Waals surface area contributed by atoms with Crippen LogP contribution in [0, 0.1) is 0 Å². The molecule has 0 unspecified atom stereocenters. The average molecular weight is 248 g/mol. The summed E-state index contributed by atoms with van der Waals surface area (Å²) in [5, 5.41) is 3.27. The average Bonchev–Trinajstić information content (AvgIpc) is 2.56. The Morgan fingerprint density at radius 3 is 2.94 bits per heavy atom. The molecule has 0 amide bonds. The van der Waals surface area contributed by atoms with E-state index < -0.39 is 0 Å². The summed E-state index contributed by atoms with van der Waals surface area (Å²) in [4.78, 5) is 9.55. The fraction of sp³-hybridized carbons (Fsp3) is 0.643. The topological polar surface area (TPSA) is 31.4 Å². The quantitative estimate of drug-likeness (QED) is 0.878. The van der Waals surface area contributed by atoms with Gasteiger partial charge in [0.1, 0.15) is 5.82 Å². The lowest BCUT2D eigenvalue weighted by Crippen LogP contribution is -2.28. The van der Waals surface area contributed by atoms with Gasteiger partial charge in [0.2, 0.25) is 0 Å². The summed E-state index contributed by atoms with van der Waals surface area (Å²) >= 11 is 0. The molecule has 1 aromatic rings. The van der Waals surface area contributed by atoms with E-state index in [4.69, 9.17) is 0 Å². The zero-order valence-electron chi connectivity index (χ0n) is 11.5. The van der Waals surface area contributed by atoms with Crippen LogP contribution in [0.3, 0.4) is 0 Å². The molecule has 0 aromatic carbocycles. The van der Waals surface area contributed by atoms with Gasteiger partial charge in [-0.3, -0.25) is 4.90 Å². The maximum absolute atomic E-state index is 4.64. The van der Waals surface area contributed by atoms with Crippen molar-refractivity contribution in [3.8, 4) is 0 Å². The molecule has 1 fully saturated rings. The summed E-state index contributed by atoms with van der Waals surface area (Å²) in [5.74, 6) is 0.988. The number of rotatable bonds is 4. The molecule has 0 atom stereocenters. The number of nitrogens with one attached hydrogen (secondary N) is 1. The molecule has 0 spiro atoms. The molecule has 1 aliphatic heterocycles. The summed E-state index contributed by atoms with van der Waals surface area (Å²) in [6.07, 6.45) is 1.25. The zero-order valence-corrected chi connectivity index (χ0v) is 11.5. The van der Waals surface area contributed by atoms with Gasteiger partial charge in [0, 0.05) is 26.2 Å². The molecular weight excluding hydrogens is 224 g/mol. The Morgan fingerprint density at radius 2 is 2.11 bits per heavy atom. The maximum atomic E-state index is 4.64. The van der Waals surface area contributed by atoms with E-state index in [0.29, 0.717) is 0 Å². The monoisotopic (exact) mass is 248 g/mol. The Kier molecular flexibility index (Phi) is 4.96. The van der Waals surface area contributed by atoms with Crippen LogP contribution in [0.1, 0.15) is 19.0 Å². The van der Waals surface area contributed by atoms with Crippen LogP contribution in [0.4, 0.5) is 5.82 Å². The summed E-state index contributed by atoms with van der Waals surface area (Å²) in [6.45, 7) is 8.67. The maximum Gasteiger partial charge on any atom is 0.126 e. The van der Waals surface area contributed by atoms with Crippen molar-refractivity contribution in [2.24, 2.45) is 0 Å². The smallest absolute Gasteiger partial charge is 0.126 e. The van der Waals surface area contributed by atoms with E-state index in [0.717, 1.165) is 37.7 Å². The predicted octanol–water partition coefficient (Wildman–Crippen LogP) is 1.65. The van der Waals surface area contributed by atoms with E-state index in [1.165, 1.54) is 19.5 Å². The Balaban J connectivity index is 1.93. The van der Waals surface area contributed by atoms with Gasteiger partial charge < -0.3 is 10.2 Å². The normalized spacial score (nSPS) is 18.6. The fourth-order valence-electron chi connectivity index (χ4n) is 2.33. The van der Waals surface area contributed by atoms with Gasteiger partial charge in [0.05, 0.1) is 5.69 Å². The van der Waals surface area contributed by atoms with Crippen molar-refractivity contribution in [1.82, 2.24) is 14.8 Å². The van der Waals surface area contributed by atoms with E-state index in [1.54, 1.807) is 0 Å². The third kappa shape index (κ3) is 3.96. The minimum Gasteiger partial charge on any atom is -0.370 e. The van der Waals surface area contributed by atoms with Crippen molar-refractivity contribution < 1.29 is 0 Å². The summed E-state index contributed by atoms with van der Waals surface area (Å²) in [7, 11) is 2.20. The Hall–Kier alpha value is -1.13. The van der Waals surface area contributed by atoms with Gasteiger partial charge in [0.25, 0.3) is 0 Å². The van der Waals surface area contributed by atoms with Gasteiger partial charge in [-0.05, 0) is 45.6 Å². The number of anilines is 1. The molecule has 2 heterocycles. The molecular formula is C14H24N4. The minimum absolute atomic E-state index is 0.922. The molecule has 0 bridgehead atoms. The van der Waals surface area contributed by atoms with Crippen molar-refractivity contribution >= 4 is 5.82 Å². The van der Waals surface area contributed by atoms with Crippen LogP contribution in [0.15, 0.2) is 18.2 Å². The second-order valence-corrected chi connectivity index (χ2v) is 4.98. The molecule has 18 heavy (non-hydrogen) atoms. The molecule has 1 N–H and O–H groups in total. The van der Waals surface area contributed by atoms with Crippen molar-refractivity contribution in [2.75, 3.05) is 45.1 Å². The van der Waals surface area contributed by atoms with Crippen molar-refractivity contribution in [3.63, 3.8) is 0 Å². The van der Waals surface area contributed by atoms with Gasteiger partial charge in [-0.15, -0.1) is 0 Å². The number of hydrogen-bond acceptors (Lipinski definition) is 4. The zero-order chi connectivity index (χ0) is 12.8. The van der Waals surface area contributed by atoms with Crippen LogP contribution < -0.4 is 5.32 Å². The summed E-state index contributed by atoms with van der Waals surface area (Å²) < 4.78 is 0. The predicted molar refractivity (Wildman–Crippen MR) is 75.8 cm³/mol. The summed E-state index contributed by atoms with van der Waals surface area (Å²) in [5.41, 5.74) is 1.16. The highest BCUT2D eigenvalue weighted by atomic mass is 15.2. The van der Waals surface area contributed by atoms with Crippen LogP contribution in [-0.4, -0.2) is 54.6 Å².